The molecule has 0 unspecified atom stereocenters. The molecule has 2 aromatic rings. The highest BCUT2D eigenvalue weighted by Crippen LogP contribution is 2.22. The predicted octanol–water partition coefficient (Wildman–Crippen LogP) is 1.87. The third-order valence-corrected chi connectivity index (χ3v) is 2.29. The Balaban J connectivity index is 2.48. The van der Waals surface area contributed by atoms with Crippen LogP contribution in [0.3, 0.4) is 0 Å². The zero-order valence-corrected chi connectivity index (χ0v) is 8.38. The van der Waals surface area contributed by atoms with Gasteiger partial charge in [-0.2, -0.15) is 0 Å². The average Bonchev–Trinajstić information content (AvgIpc) is 2.28. The summed E-state index contributed by atoms with van der Waals surface area (Å²) >= 11 is 0. The molecule has 0 amide bonds. The lowest BCUT2D eigenvalue weighted by molar-refractivity contribution is 0.0697. The second kappa shape index (κ2) is 4.20. The van der Waals surface area contributed by atoms with Crippen LogP contribution in [0.4, 0.5) is 0 Å². The first-order valence-corrected chi connectivity index (χ1v) is 4.71. The summed E-state index contributed by atoms with van der Waals surface area (Å²) in [4.78, 5) is 10.8. The molecule has 4 heteroatoms. The summed E-state index contributed by atoms with van der Waals surface area (Å²) in [5, 5.41) is 19.1. The van der Waals surface area contributed by atoms with Crippen LogP contribution in [0.5, 0.6) is 5.75 Å². The number of hydrogen-bond acceptors (Lipinski definition) is 3. The van der Waals surface area contributed by atoms with Crippen molar-refractivity contribution in [2.24, 2.45) is 0 Å². The van der Waals surface area contributed by atoms with Crippen LogP contribution in [0.25, 0.3) is 10.8 Å². The van der Waals surface area contributed by atoms with Gasteiger partial charge in [0.1, 0.15) is 5.75 Å². The lowest BCUT2D eigenvalue weighted by atomic mass is 10.1. The van der Waals surface area contributed by atoms with Crippen molar-refractivity contribution in [1.29, 1.82) is 0 Å². The maximum atomic E-state index is 10.8. The highest BCUT2D eigenvalue weighted by atomic mass is 16.6. The first kappa shape index (κ1) is 10.4. The van der Waals surface area contributed by atoms with Crippen molar-refractivity contribution in [2.45, 2.75) is 0 Å². The third kappa shape index (κ3) is 1.97. The van der Waals surface area contributed by atoms with Gasteiger partial charge in [-0.25, -0.2) is 4.79 Å². The van der Waals surface area contributed by atoms with Gasteiger partial charge in [0.25, 0.3) is 0 Å². The Labute approximate surface area is 91.7 Å². The number of rotatable bonds is 3. The standard InChI is InChI=1S/C12H10O4/c13-7-16-11-4-3-8-5-10(12(14)15)2-1-9(8)6-11/h1-6,13H,7H2,(H,14,15). The van der Waals surface area contributed by atoms with Gasteiger partial charge in [-0.3, -0.25) is 0 Å². The zero-order valence-electron chi connectivity index (χ0n) is 8.38. The van der Waals surface area contributed by atoms with Crippen molar-refractivity contribution in [1.82, 2.24) is 0 Å². The molecule has 0 saturated heterocycles. The first-order chi connectivity index (χ1) is 7.70. The lowest BCUT2D eigenvalue weighted by Gasteiger charge is -2.04. The Kier molecular flexibility index (Phi) is 2.74. The Morgan fingerprint density at radius 2 is 1.81 bits per heavy atom. The molecule has 0 aliphatic heterocycles. The molecule has 0 aromatic heterocycles. The minimum Gasteiger partial charge on any atom is -0.478 e. The molecule has 0 atom stereocenters. The number of fused-ring (bicyclic) bond motifs is 1. The Morgan fingerprint density at radius 3 is 2.50 bits per heavy atom. The fraction of sp³-hybridized carbons (Fsp3) is 0.0833. The van der Waals surface area contributed by atoms with Crippen molar-refractivity contribution < 1.29 is 19.7 Å². The number of carbonyl (C=O) groups is 1. The molecule has 0 radical (unpaired) electrons. The van der Waals surface area contributed by atoms with E-state index in [0.29, 0.717) is 5.75 Å². The molecule has 2 N–H and O–H groups in total. The van der Waals surface area contributed by atoms with Crippen LogP contribution in [0, 0.1) is 0 Å². The van der Waals surface area contributed by atoms with E-state index in [2.05, 4.69) is 0 Å². The fourth-order valence-electron chi connectivity index (χ4n) is 1.52. The Morgan fingerprint density at radius 1 is 1.12 bits per heavy atom. The van der Waals surface area contributed by atoms with Crippen LogP contribution in [-0.4, -0.2) is 23.0 Å². The highest BCUT2D eigenvalue weighted by Gasteiger charge is 2.04. The summed E-state index contributed by atoms with van der Waals surface area (Å²) in [6, 6.07) is 10.0. The number of aromatic carboxylic acids is 1. The van der Waals surface area contributed by atoms with Crippen LogP contribution in [0.2, 0.25) is 0 Å². The van der Waals surface area contributed by atoms with E-state index < -0.39 is 5.97 Å². The van der Waals surface area contributed by atoms with Gasteiger partial charge >= 0.3 is 5.97 Å². The van der Waals surface area contributed by atoms with E-state index in [-0.39, 0.29) is 12.4 Å². The molecule has 0 fully saturated rings. The van der Waals surface area contributed by atoms with E-state index in [1.807, 2.05) is 0 Å². The van der Waals surface area contributed by atoms with Crippen molar-refractivity contribution in [2.75, 3.05) is 6.79 Å². The topological polar surface area (TPSA) is 66.8 Å². The normalized spacial score (nSPS) is 10.3. The van der Waals surface area contributed by atoms with Gasteiger partial charge in [-0.05, 0) is 35.0 Å². The van der Waals surface area contributed by atoms with Crippen LogP contribution >= 0.6 is 0 Å². The van der Waals surface area contributed by atoms with Crippen LogP contribution in [0.15, 0.2) is 36.4 Å². The minimum atomic E-state index is -0.947. The van der Waals surface area contributed by atoms with Gasteiger partial charge in [0.2, 0.25) is 0 Å². The van der Waals surface area contributed by atoms with Crippen molar-refractivity contribution in [3.63, 3.8) is 0 Å². The largest absolute Gasteiger partial charge is 0.478 e. The lowest BCUT2D eigenvalue weighted by Crippen LogP contribution is -1.96. The van der Waals surface area contributed by atoms with Crippen molar-refractivity contribution in [3.8, 4) is 5.75 Å². The smallest absolute Gasteiger partial charge is 0.335 e. The number of carboxylic acids is 1. The maximum absolute atomic E-state index is 10.8. The Hall–Kier alpha value is -2.07. The summed E-state index contributed by atoms with van der Waals surface area (Å²) < 4.78 is 4.93. The number of aliphatic hydroxyl groups is 1. The van der Waals surface area contributed by atoms with Gasteiger partial charge in [0.15, 0.2) is 6.79 Å². The van der Waals surface area contributed by atoms with Gasteiger partial charge in [-0.1, -0.05) is 12.1 Å². The summed E-state index contributed by atoms with van der Waals surface area (Å²) in [5.41, 5.74) is 0.253. The summed E-state index contributed by atoms with van der Waals surface area (Å²) in [6.07, 6.45) is 0. The minimum absolute atomic E-state index is 0.253. The third-order valence-electron chi connectivity index (χ3n) is 2.29. The Bertz CT molecular complexity index is 534. The van der Waals surface area contributed by atoms with Crippen LogP contribution < -0.4 is 4.74 Å². The number of carboxylic acid groups (broad SMARTS) is 1. The molecule has 0 aliphatic rings. The SMILES string of the molecule is O=C(O)c1ccc2cc(OCO)ccc2c1. The first-order valence-electron chi connectivity index (χ1n) is 4.71. The highest BCUT2D eigenvalue weighted by molar-refractivity contribution is 5.94. The molecular formula is C12H10O4. The molecule has 0 heterocycles. The second-order valence-corrected chi connectivity index (χ2v) is 3.30. The van der Waals surface area contributed by atoms with E-state index in [9.17, 15) is 4.79 Å². The van der Waals surface area contributed by atoms with Crippen molar-refractivity contribution in [3.05, 3.63) is 42.0 Å². The number of aliphatic hydroxyl groups excluding tert-OH is 1. The predicted molar refractivity (Wildman–Crippen MR) is 58.6 cm³/mol. The molecule has 4 nitrogen and oxygen atoms in total. The number of ether oxygens (including phenoxy) is 1. The molecule has 0 saturated carbocycles. The molecule has 2 rings (SSSR count). The molecule has 0 aliphatic carbocycles. The van der Waals surface area contributed by atoms with Crippen LogP contribution in [0.1, 0.15) is 10.4 Å². The monoisotopic (exact) mass is 218 g/mol. The second-order valence-electron chi connectivity index (χ2n) is 3.30. The van der Waals surface area contributed by atoms with E-state index in [1.54, 1.807) is 30.3 Å². The molecule has 0 bridgehead atoms. The van der Waals surface area contributed by atoms with Crippen LogP contribution in [-0.2, 0) is 0 Å². The van der Waals surface area contributed by atoms with Gasteiger partial charge in [0.05, 0.1) is 5.56 Å². The molecule has 0 spiro atoms. The van der Waals surface area contributed by atoms with Gasteiger partial charge in [0, 0.05) is 0 Å². The van der Waals surface area contributed by atoms with Gasteiger partial charge < -0.3 is 14.9 Å². The summed E-state index contributed by atoms with van der Waals surface area (Å²) in [7, 11) is 0. The number of hydrogen-bond donors (Lipinski definition) is 2. The molecule has 16 heavy (non-hydrogen) atoms. The molecule has 2 aromatic carbocycles. The van der Waals surface area contributed by atoms with E-state index in [0.717, 1.165) is 10.8 Å². The van der Waals surface area contributed by atoms with E-state index >= 15 is 0 Å². The van der Waals surface area contributed by atoms with Crippen molar-refractivity contribution >= 4 is 16.7 Å². The summed E-state index contributed by atoms with van der Waals surface area (Å²) in [5.74, 6) is -0.393. The average molecular weight is 218 g/mol. The zero-order chi connectivity index (χ0) is 11.5. The molecular weight excluding hydrogens is 208 g/mol. The number of benzene rings is 2. The molecule has 82 valence electrons. The van der Waals surface area contributed by atoms with E-state index in [4.69, 9.17) is 14.9 Å². The maximum Gasteiger partial charge on any atom is 0.335 e. The summed E-state index contributed by atoms with van der Waals surface area (Å²) in [6.45, 7) is -0.376. The quantitative estimate of drug-likeness (QED) is 0.772. The fourth-order valence-corrected chi connectivity index (χ4v) is 1.52. The van der Waals surface area contributed by atoms with Gasteiger partial charge in [-0.15, -0.1) is 0 Å². The van der Waals surface area contributed by atoms with E-state index in [1.165, 1.54) is 6.07 Å².